The molecule has 2 N–H and O–H groups in total. The number of rotatable bonds is 7. The van der Waals surface area contributed by atoms with E-state index in [0.29, 0.717) is 18.3 Å². The summed E-state index contributed by atoms with van der Waals surface area (Å²) in [6.07, 6.45) is 1.71. The van der Waals surface area contributed by atoms with Gasteiger partial charge in [0.2, 0.25) is 0 Å². The van der Waals surface area contributed by atoms with Crippen LogP contribution in [0.2, 0.25) is 0 Å². The zero-order chi connectivity index (χ0) is 12.0. The van der Waals surface area contributed by atoms with Gasteiger partial charge >= 0.3 is 5.97 Å². The van der Waals surface area contributed by atoms with E-state index in [4.69, 9.17) is 5.11 Å². The van der Waals surface area contributed by atoms with Crippen LogP contribution in [-0.2, 0) is 4.79 Å². The molecule has 0 aromatic rings. The van der Waals surface area contributed by atoms with Gasteiger partial charge in [-0.2, -0.15) is 0 Å². The van der Waals surface area contributed by atoms with Crippen LogP contribution >= 0.6 is 0 Å². The summed E-state index contributed by atoms with van der Waals surface area (Å²) in [6.45, 7) is 10.4. The van der Waals surface area contributed by atoms with Gasteiger partial charge in [0.05, 0.1) is 0 Å². The van der Waals surface area contributed by atoms with Crippen molar-refractivity contribution in [2.24, 2.45) is 11.8 Å². The van der Waals surface area contributed by atoms with E-state index in [9.17, 15) is 4.79 Å². The molecule has 90 valence electrons. The fourth-order valence-electron chi connectivity index (χ4n) is 1.83. The molecule has 0 radical (unpaired) electrons. The van der Waals surface area contributed by atoms with Crippen LogP contribution in [0.4, 0.5) is 0 Å². The molecule has 0 aliphatic rings. The molecule has 2 atom stereocenters. The molecule has 0 saturated carbocycles. The van der Waals surface area contributed by atoms with Crippen LogP contribution in [0.15, 0.2) is 0 Å². The van der Waals surface area contributed by atoms with Crippen LogP contribution in [0, 0.1) is 11.8 Å². The van der Waals surface area contributed by atoms with Crippen molar-refractivity contribution in [3.8, 4) is 0 Å². The first-order chi connectivity index (χ1) is 6.82. The highest BCUT2D eigenvalue weighted by Crippen LogP contribution is 2.09. The first-order valence-corrected chi connectivity index (χ1v) is 5.81. The van der Waals surface area contributed by atoms with Crippen LogP contribution < -0.4 is 5.32 Å². The fraction of sp³-hybridized carbons (Fsp3) is 0.917. The van der Waals surface area contributed by atoms with Crippen molar-refractivity contribution < 1.29 is 9.90 Å². The van der Waals surface area contributed by atoms with Crippen LogP contribution in [0.3, 0.4) is 0 Å². The van der Waals surface area contributed by atoms with Crippen LogP contribution in [0.25, 0.3) is 0 Å². The van der Waals surface area contributed by atoms with Gasteiger partial charge in [0.15, 0.2) is 0 Å². The predicted molar refractivity (Wildman–Crippen MR) is 62.9 cm³/mol. The second kappa shape index (κ2) is 6.83. The van der Waals surface area contributed by atoms with E-state index in [0.717, 1.165) is 6.42 Å². The zero-order valence-corrected chi connectivity index (χ0v) is 10.6. The highest BCUT2D eigenvalue weighted by molar-refractivity contribution is 5.73. The average Bonchev–Trinajstić information content (AvgIpc) is 1.99. The summed E-state index contributed by atoms with van der Waals surface area (Å²) in [5.74, 6) is 0.269. The number of aliphatic carboxylic acids is 1. The van der Waals surface area contributed by atoms with Crippen molar-refractivity contribution in [3.05, 3.63) is 0 Å². The molecule has 0 amide bonds. The Morgan fingerprint density at radius 3 is 1.87 bits per heavy atom. The quantitative estimate of drug-likeness (QED) is 0.686. The molecule has 0 aromatic carbocycles. The topological polar surface area (TPSA) is 49.3 Å². The Labute approximate surface area is 93.3 Å². The molecule has 3 nitrogen and oxygen atoms in total. The Morgan fingerprint density at radius 2 is 1.53 bits per heavy atom. The summed E-state index contributed by atoms with van der Waals surface area (Å²) in [4.78, 5) is 11.0. The summed E-state index contributed by atoms with van der Waals surface area (Å²) in [6, 6.07) is -0.136. The van der Waals surface area contributed by atoms with Crippen molar-refractivity contribution in [2.75, 3.05) is 0 Å². The van der Waals surface area contributed by atoms with Gasteiger partial charge in [-0.05, 0) is 31.6 Å². The monoisotopic (exact) mass is 215 g/mol. The summed E-state index contributed by atoms with van der Waals surface area (Å²) in [7, 11) is 0. The first-order valence-electron chi connectivity index (χ1n) is 5.81. The van der Waals surface area contributed by atoms with Gasteiger partial charge in [-0.25, -0.2) is 0 Å². The van der Waals surface area contributed by atoms with Crippen LogP contribution in [-0.4, -0.2) is 23.2 Å². The number of carbonyl (C=O) groups is 1. The van der Waals surface area contributed by atoms with Crippen molar-refractivity contribution in [1.29, 1.82) is 0 Å². The van der Waals surface area contributed by atoms with Gasteiger partial charge in [0.25, 0.3) is 0 Å². The highest BCUT2D eigenvalue weighted by Gasteiger charge is 2.20. The minimum atomic E-state index is -0.737. The summed E-state index contributed by atoms with van der Waals surface area (Å²) in [5, 5.41) is 12.2. The maximum absolute atomic E-state index is 11.0. The molecule has 0 spiro atoms. The maximum atomic E-state index is 11.0. The maximum Gasteiger partial charge on any atom is 0.320 e. The van der Waals surface area contributed by atoms with Crippen molar-refractivity contribution >= 4 is 5.97 Å². The highest BCUT2D eigenvalue weighted by atomic mass is 16.4. The molecule has 0 bridgehead atoms. The SMILES string of the molecule is CC(C)C[C@H](N[C@@H](C)CC(C)C)C(=O)O. The van der Waals surface area contributed by atoms with E-state index in [-0.39, 0.29) is 6.04 Å². The minimum Gasteiger partial charge on any atom is -0.480 e. The zero-order valence-electron chi connectivity index (χ0n) is 10.6. The van der Waals surface area contributed by atoms with Crippen molar-refractivity contribution in [3.63, 3.8) is 0 Å². The molecular weight excluding hydrogens is 190 g/mol. The number of hydrogen-bond donors (Lipinski definition) is 2. The Balaban J connectivity index is 4.10. The molecule has 3 heteroatoms. The second-order valence-electron chi connectivity index (χ2n) is 5.22. The first kappa shape index (κ1) is 14.4. The Morgan fingerprint density at radius 1 is 1.07 bits per heavy atom. The molecule has 0 aliphatic heterocycles. The largest absolute Gasteiger partial charge is 0.480 e. The summed E-state index contributed by atoms with van der Waals surface area (Å²) >= 11 is 0. The van der Waals surface area contributed by atoms with E-state index < -0.39 is 12.0 Å². The van der Waals surface area contributed by atoms with E-state index in [2.05, 4.69) is 26.1 Å². The second-order valence-corrected chi connectivity index (χ2v) is 5.22. The number of hydrogen-bond acceptors (Lipinski definition) is 2. The van der Waals surface area contributed by atoms with E-state index in [1.165, 1.54) is 0 Å². The van der Waals surface area contributed by atoms with Crippen LogP contribution in [0.1, 0.15) is 47.5 Å². The van der Waals surface area contributed by atoms with Gasteiger partial charge < -0.3 is 10.4 Å². The van der Waals surface area contributed by atoms with Gasteiger partial charge in [-0.3, -0.25) is 4.79 Å². The lowest BCUT2D eigenvalue weighted by Crippen LogP contribution is -2.43. The van der Waals surface area contributed by atoms with Crippen molar-refractivity contribution in [1.82, 2.24) is 5.32 Å². The Kier molecular flexibility index (Phi) is 6.57. The summed E-state index contributed by atoms with van der Waals surface area (Å²) < 4.78 is 0. The lowest BCUT2D eigenvalue weighted by molar-refractivity contribution is -0.140. The fourth-order valence-corrected chi connectivity index (χ4v) is 1.83. The third-order valence-electron chi connectivity index (χ3n) is 2.32. The van der Waals surface area contributed by atoms with Gasteiger partial charge in [-0.1, -0.05) is 27.7 Å². The van der Waals surface area contributed by atoms with Gasteiger partial charge in [0, 0.05) is 6.04 Å². The molecule has 0 unspecified atom stereocenters. The van der Waals surface area contributed by atoms with E-state index >= 15 is 0 Å². The molecule has 0 aromatic heterocycles. The lowest BCUT2D eigenvalue weighted by atomic mass is 10.0. The molecule has 0 heterocycles. The molecule has 0 fully saturated rings. The predicted octanol–water partition coefficient (Wildman–Crippen LogP) is 2.51. The third-order valence-corrected chi connectivity index (χ3v) is 2.32. The Hall–Kier alpha value is -0.570. The number of carboxylic acid groups (broad SMARTS) is 1. The Bertz CT molecular complexity index is 190. The number of nitrogens with one attached hydrogen (secondary N) is 1. The van der Waals surface area contributed by atoms with Gasteiger partial charge in [0.1, 0.15) is 6.04 Å². The van der Waals surface area contributed by atoms with Crippen molar-refractivity contribution in [2.45, 2.75) is 59.5 Å². The van der Waals surface area contributed by atoms with Crippen LogP contribution in [0.5, 0.6) is 0 Å². The smallest absolute Gasteiger partial charge is 0.320 e. The van der Waals surface area contributed by atoms with E-state index in [1.807, 2.05) is 13.8 Å². The normalized spacial score (nSPS) is 15.7. The number of carboxylic acids is 1. The average molecular weight is 215 g/mol. The third kappa shape index (κ3) is 7.37. The van der Waals surface area contributed by atoms with Gasteiger partial charge in [-0.15, -0.1) is 0 Å². The lowest BCUT2D eigenvalue weighted by Gasteiger charge is -2.22. The molecule has 0 aliphatic carbocycles. The molecule has 0 rings (SSSR count). The van der Waals surface area contributed by atoms with E-state index in [1.54, 1.807) is 0 Å². The molecular formula is C12H25NO2. The summed E-state index contributed by atoms with van der Waals surface area (Å²) in [5.41, 5.74) is 0. The molecule has 0 saturated heterocycles. The minimum absolute atomic E-state index is 0.268. The molecule has 15 heavy (non-hydrogen) atoms. The standard InChI is InChI=1S/C12H25NO2/c1-8(2)6-10(5)13-11(12(14)15)7-9(3)4/h8-11,13H,6-7H2,1-5H3,(H,14,15)/t10-,11-/m0/s1.